The molecule has 1 fully saturated rings. The van der Waals surface area contributed by atoms with Crippen LogP contribution < -0.4 is 20.5 Å². The minimum Gasteiger partial charge on any atom is -0.493 e. The number of nitrogens with zero attached hydrogens (tertiary/aromatic N) is 1. The predicted octanol–water partition coefficient (Wildman–Crippen LogP) is 1.54. The number of methoxy groups -OCH3 is 1. The normalized spacial score (nSPS) is 15.9. The number of likely N-dealkylation sites (tertiary alicyclic amines) is 1. The quantitative estimate of drug-likeness (QED) is 0.601. The van der Waals surface area contributed by atoms with E-state index in [2.05, 4.69) is 11.9 Å². The zero-order chi connectivity index (χ0) is 19.6. The average Bonchev–Trinajstić information content (AvgIpc) is 2.70. The van der Waals surface area contributed by atoms with Gasteiger partial charge in [0.25, 0.3) is 5.91 Å². The number of piperidine rings is 1. The molecular weight excluding hydrogens is 382 g/mol. The molecule has 1 aliphatic rings. The van der Waals surface area contributed by atoms with Gasteiger partial charge in [0.2, 0.25) is 5.91 Å². The van der Waals surface area contributed by atoms with Crippen molar-refractivity contribution in [1.82, 2.24) is 10.2 Å². The van der Waals surface area contributed by atoms with Gasteiger partial charge >= 0.3 is 0 Å². The standard InChI is InChI=1S/C20H29N3O4.ClH/c1-3-5-15-7-8-17(18(12-15)26-2)27-14-19(24)23-11-4-6-16(13-23)20(25)22-10-9-21;/h3,7-8,12,16H,1,4-6,9-11,13-14,21H2,2H3,(H,22,25);1H. The number of nitrogens with two attached hydrogens (primary N) is 1. The molecule has 1 atom stereocenters. The van der Waals surface area contributed by atoms with E-state index in [0.717, 1.165) is 24.8 Å². The van der Waals surface area contributed by atoms with E-state index in [-0.39, 0.29) is 36.7 Å². The van der Waals surface area contributed by atoms with E-state index in [9.17, 15) is 9.59 Å². The molecule has 1 aromatic rings. The summed E-state index contributed by atoms with van der Waals surface area (Å²) >= 11 is 0. The van der Waals surface area contributed by atoms with Crippen LogP contribution >= 0.6 is 12.4 Å². The number of rotatable bonds is 9. The molecule has 0 saturated carbocycles. The fourth-order valence-electron chi connectivity index (χ4n) is 3.11. The fraction of sp³-hybridized carbons (Fsp3) is 0.500. The Morgan fingerprint density at radius 2 is 2.18 bits per heavy atom. The fourth-order valence-corrected chi connectivity index (χ4v) is 3.11. The molecule has 2 rings (SSSR count). The topological polar surface area (TPSA) is 93.9 Å². The zero-order valence-electron chi connectivity index (χ0n) is 16.3. The monoisotopic (exact) mass is 411 g/mol. The minimum absolute atomic E-state index is 0. The molecule has 0 aliphatic carbocycles. The summed E-state index contributed by atoms with van der Waals surface area (Å²) < 4.78 is 11.0. The molecule has 1 aromatic carbocycles. The highest BCUT2D eigenvalue weighted by Gasteiger charge is 2.28. The van der Waals surface area contributed by atoms with Crippen LogP contribution in [0.2, 0.25) is 0 Å². The smallest absolute Gasteiger partial charge is 0.260 e. The number of halogens is 1. The van der Waals surface area contributed by atoms with Gasteiger partial charge in [-0.1, -0.05) is 12.1 Å². The number of hydrogen-bond donors (Lipinski definition) is 2. The highest BCUT2D eigenvalue weighted by Crippen LogP contribution is 2.28. The van der Waals surface area contributed by atoms with Gasteiger partial charge in [0.05, 0.1) is 13.0 Å². The predicted molar refractivity (Wildman–Crippen MR) is 111 cm³/mol. The zero-order valence-corrected chi connectivity index (χ0v) is 17.1. The van der Waals surface area contributed by atoms with Gasteiger partial charge < -0.3 is 25.4 Å². The van der Waals surface area contributed by atoms with Crippen molar-refractivity contribution in [3.63, 3.8) is 0 Å². The molecule has 1 saturated heterocycles. The molecule has 2 amide bonds. The SMILES string of the molecule is C=CCc1ccc(OCC(=O)N2CCCC(C(=O)NCCN)C2)c(OC)c1.Cl. The Labute approximate surface area is 172 Å². The highest BCUT2D eigenvalue weighted by atomic mass is 35.5. The lowest BCUT2D eigenvalue weighted by molar-refractivity contribution is -0.137. The summed E-state index contributed by atoms with van der Waals surface area (Å²) in [5, 5.41) is 2.79. The minimum atomic E-state index is -0.193. The van der Waals surface area contributed by atoms with Gasteiger partial charge in [0.15, 0.2) is 18.1 Å². The molecule has 7 nitrogen and oxygen atoms in total. The number of hydrogen-bond acceptors (Lipinski definition) is 5. The average molecular weight is 412 g/mol. The van der Waals surface area contributed by atoms with Crippen molar-refractivity contribution < 1.29 is 19.1 Å². The molecule has 0 bridgehead atoms. The Hall–Kier alpha value is -2.25. The Morgan fingerprint density at radius 1 is 1.39 bits per heavy atom. The van der Waals surface area contributed by atoms with E-state index in [1.807, 2.05) is 18.2 Å². The van der Waals surface area contributed by atoms with Crippen LogP contribution in [0.3, 0.4) is 0 Å². The summed E-state index contributed by atoms with van der Waals surface area (Å²) in [5.41, 5.74) is 6.47. The van der Waals surface area contributed by atoms with Crippen molar-refractivity contribution in [2.45, 2.75) is 19.3 Å². The second-order valence-corrected chi connectivity index (χ2v) is 6.53. The molecule has 156 valence electrons. The Bertz CT molecular complexity index is 669. The third kappa shape index (κ3) is 6.73. The van der Waals surface area contributed by atoms with E-state index in [4.69, 9.17) is 15.2 Å². The van der Waals surface area contributed by atoms with Crippen LogP contribution in [-0.2, 0) is 16.0 Å². The molecule has 0 spiro atoms. The largest absolute Gasteiger partial charge is 0.493 e. The van der Waals surface area contributed by atoms with E-state index >= 15 is 0 Å². The maximum Gasteiger partial charge on any atom is 0.260 e. The van der Waals surface area contributed by atoms with Crippen LogP contribution in [0.5, 0.6) is 11.5 Å². The van der Waals surface area contributed by atoms with E-state index in [1.165, 1.54) is 0 Å². The lowest BCUT2D eigenvalue weighted by Crippen LogP contribution is -2.47. The second kappa shape index (κ2) is 12.3. The number of benzene rings is 1. The van der Waals surface area contributed by atoms with Crippen molar-refractivity contribution >= 4 is 24.2 Å². The van der Waals surface area contributed by atoms with Gasteiger partial charge in [-0.15, -0.1) is 19.0 Å². The maximum atomic E-state index is 12.5. The molecule has 8 heteroatoms. The third-order valence-electron chi connectivity index (χ3n) is 4.55. The van der Waals surface area contributed by atoms with Crippen LogP contribution in [0.25, 0.3) is 0 Å². The van der Waals surface area contributed by atoms with E-state index in [0.29, 0.717) is 37.7 Å². The molecule has 1 aliphatic heterocycles. The third-order valence-corrected chi connectivity index (χ3v) is 4.55. The molecule has 0 radical (unpaired) electrons. The number of amides is 2. The lowest BCUT2D eigenvalue weighted by Gasteiger charge is -2.32. The van der Waals surface area contributed by atoms with Crippen molar-refractivity contribution in [3.05, 3.63) is 36.4 Å². The summed E-state index contributed by atoms with van der Waals surface area (Å²) in [6, 6.07) is 5.59. The molecule has 28 heavy (non-hydrogen) atoms. The Morgan fingerprint density at radius 3 is 2.86 bits per heavy atom. The van der Waals surface area contributed by atoms with Gasteiger partial charge in [-0.25, -0.2) is 0 Å². The van der Waals surface area contributed by atoms with Crippen molar-refractivity contribution in [1.29, 1.82) is 0 Å². The van der Waals surface area contributed by atoms with Crippen LogP contribution in [0.1, 0.15) is 18.4 Å². The van der Waals surface area contributed by atoms with Gasteiger partial charge in [-0.05, 0) is 37.0 Å². The van der Waals surface area contributed by atoms with Crippen LogP contribution in [-0.4, -0.2) is 56.6 Å². The number of carbonyl (C=O) groups is 2. The summed E-state index contributed by atoms with van der Waals surface area (Å²) in [5.74, 6) is 0.733. The molecule has 0 aromatic heterocycles. The van der Waals surface area contributed by atoms with Gasteiger partial charge in [-0.2, -0.15) is 0 Å². The molecular formula is C20H30ClN3O4. The number of ether oxygens (including phenoxy) is 2. The molecule has 1 heterocycles. The maximum absolute atomic E-state index is 12.5. The first-order valence-corrected chi connectivity index (χ1v) is 9.25. The number of allylic oxidation sites excluding steroid dienone is 1. The van der Waals surface area contributed by atoms with Crippen LogP contribution in [0.4, 0.5) is 0 Å². The van der Waals surface area contributed by atoms with Crippen molar-refractivity contribution in [3.8, 4) is 11.5 Å². The van der Waals surface area contributed by atoms with E-state index < -0.39 is 0 Å². The number of carbonyl (C=O) groups excluding carboxylic acids is 2. The van der Waals surface area contributed by atoms with Crippen molar-refractivity contribution in [2.24, 2.45) is 11.7 Å². The van der Waals surface area contributed by atoms with Crippen LogP contribution in [0, 0.1) is 5.92 Å². The molecule has 3 N–H and O–H groups in total. The summed E-state index contributed by atoms with van der Waals surface area (Å²) in [4.78, 5) is 26.3. The van der Waals surface area contributed by atoms with Crippen molar-refractivity contribution in [2.75, 3.05) is 39.9 Å². The van der Waals surface area contributed by atoms with Gasteiger partial charge in [-0.3, -0.25) is 9.59 Å². The van der Waals surface area contributed by atoms with Gasteiger partial charge in [0, 0.05) is 26.2 Å². The first-order chi connectivity index (χ1) is 13.1. The van der Waals surface area contributed by atoms with Gasteiger partial charge in [0.1, 0.15) is 0 Å². The summed E-state index contributed by atoms with van der Waals surface area (Å²) in [7, 11) is 1.57. The number of nitrogens with one attached hydrogen (secondary N) is 1. The van der Waals surface area contributed by atoms with E-state index in [1.54, 1.807) is 18.1 Å². The second-order valence-electron chi connectivity index (χ2n) is 6.53. The Kier molecular flexibility index (Phi) is 10.4. The summed E-state index contributed by atoms with van der Waals surface area (Å²) in [6.07, 6.45) is 4.12. The first kappa shape index (κ1) is 23.8. The Balaban J connectivity index is 0.00000392. The van der Waals surface area contributed by atoms with Crippen LogP contribution in [0.15, 0.2) is 30.9 Å². The molecule has 1 unspecified atom stereocenters. The summed E-state index contributed by atoms with van der Waals surface area (Å²) in [6.45, 7) is 5.54. The lowest BCUT2D eigenvalue weighted by atomic mass is 9.97. The first-order valence-electron chi connectivity index (χ1n) is 9.25. The highest BCUT2D eigenvalue weighted by molar-refractivity contribution is 5.85.